The van der Waals surface area contributed by atoms with Gasteiger partial charge in [0.2, 0.25) is 0 Å². The summed E-state index contributed by atoms with van der Waals surface area (Å²) in [6.45, 7) is 2.97. The molecule has 0 atom stereocenters. The fraction of sp³-hybridized carbons (Fsp3) is 0.333. The molecule has 0 unspecified atom stereocenters. The van der Waals surface area contributed by atoms with Crippen LogP contribution in [0, 0.1) is 0 Å². The summed E-state index contributed by atoms with van der Waals surface area (Å²) in [5.41, 5.74) is 1.00. The molecule has 0 fully saturated rings. The van der Waals surface area contributed by atoms with Crippen LogP contribution < -0.4 is 10.6 Å². The molecule has 0 saturated heterocycles. The Hall–Kier alpha value is -2.90. The van der Waals surface area contributed by atoms with Crippen molar-refractivity contribution < 1.29 is 23.6 Å². The lowest BCUT2D eigenvalue weighted by Gasteiger charge is -2.09. The Morgan fingerprint density at radius 2 is 2.00 bits per heavy atom. The lowest BCUT2D eigenvalue weighted by molar-refractivity contribution is -0.147. The molecule has 23 heavy (non-hydrogen) atoms. The number of hydrogen-bond acceptors (Lipinski definition) is 6. The van der Waals surface area contributed by atoms with Gasteiger partial charge in [-0.25, -0.2) is 4.79 Å². The number of amides is 3. The van der Waals surface area contributed by atoms with Gasteiger partial charge in [0.05, 0.1) is 6.42 Å². The minimum atomic E-state index is -0.707. The Bertz CT molecular complexity index is 723. The quantitative estimate of drug-likeness (QED) is 0.800. The number of benzene rings is 1. The minimum absolute atomic E-state index is 0.106. The Morgan fingerprint density at radius 3 is 2.74 bits per heavy atom. The van der Waals surface area contributed by atoms with E-state index in [4.69, 9.17) is 9.26 Å². The fourth-order valence-electron chi connectivity index (χ4n) is 1.86. The molecule has 0 radical (unpaired) electrons. The molecule has 8 heteroatoms. The highest BCUT2D eigenvalue weighted by Crippen LogP contribution is 2.18. The number of urea groups is 1. The molecule has 1 aromatic heterocycles. The van der Waals surface area contributed by atoms with Crippen molar-refractivity contribution in [1.82, 2.24) is 15.8 Å². The van der Waals surface area contributed by atoms with Gasteiger partial charge in [-0.1, -0.05) is 17.3 Å². The lowest BCUT2D eigenvalue weighted by atomic mass is 10.2. The molecule has 0 bridgehead atoms. The maximum atomic E-state index is 11.7. The number of fused-ring (bicyclic) bond motifs is 1. The summed E-state index contributed by atoms with van der Waals surface area (Å²) < 4.78 is 9.89. The first-order chi connectivity index (χ1) is 11.0. The predicted molar refractivity (Wildman–Crippen MR) is 80.5 cm³/mol. The third-order valence-electron chi connectivity index (χ3n) is 2.80. The van der Waals surface area contributed by atoms with Crippen molar-refractivity contribution >= 4 is 28.9 Å². The number of aromatic nitrogens is 1. The number of carbonyl (C=O) groups excluding carboxylic acids is 3. The third kappa shape index (κ3) is 4.80. The summed E-state index contributed by atoms with van der Waals surface area (Å²) in [7, 11) is 0. The smallest absolute Gasteiger partial charge is 0.321 e. The summed E-state index contributed by atoms with van der Waals surface area (Å²) in [4.78, 5) is 34.5. The van der Waals surface area contributed by atoms with Crippen LogP contribution in [-0.2, 0) is 20.7 Å². The van der Waals surface area contributed by atoms with Gasteiger partial charge in [-0.3, -0.25) is 14.9 Å². The maximum Gasteiger partial charge on any atom is 0.321 e. The Morgan fingerprint density at radius 1 is 1.26 bits per heavy atom. The molecule has 2 rings (SSSR count). The lowest BCUT2D eigenvalue weighted by Crippen LogP contribution is -2.44. The van der Waals surface area contributed by atoms with Crippen molar-refractivity contribution in [3.63, 3.8) is 0 Å². The third-order valence-corrected chi connectivity index (χ3v) is 2.80. The van der Waals surface area contributed by atoms with Crippen LogP contribution in [-0.4, -0.2) is 35.7 Å². The highest BCUT2D eigenvalue weighted by Gasteiger charge is 2.15. The summed E-state index contributed by atoms with van der Waals surface area (Å²) in [6.07, 6.45) is -0.123. The van der Waals surface area contributed by atoms with E-state index in [2.05, 4.69) is 15.8 Å². The molecule has 122 valence electrons. The van der Waals surface area contributed by atoms with Crippen LogP contribution in [0.15, 0.2) is 28.8 Å². The van der Waals surface area contributed by atoms with Crippen molar-refractivity contribution in [2.75, 3.05) is 6.61 Å². The number of ether oxygens (including phenoxy) is 1. The first-order valence-corrected chi connectivity index (χ1v) is 7.05. The molecule has 2 aromatic rings. The van der Waals surface area contributed by atoms with E-state index < -0.39 is 24.5 Å². The van der Waals surface area contributed by atoms with Crippen molar-refractivity contribution in [3.05, 3.63) is 30.0 Å². The summed E-state index contributed by atoms with van der Waals surface area (Å²) in [5, 5.41) is 9.05. The zero-order valence-corrected chi connectivity index (χ0v) is 12.8. The van der Waals surface area contributed by atoms with Gasteiger partial charge < -0.3 is 14.6 Å². The molecule has 3 amide bonds. The second kappa shape index (κ2) is 7.39. The zero-order chi connectivity index (χ0) is 16.8. The number of nitrogens with one attached hydrogen (secondary N) is 2. The van der Waals surface area contributed by atoms with Gasteiger partial charge in [-0.2, -0.15) is 0 Å². The minimum Gasteiger partial charge on any atom is -0.455 e. The first-order valence-electron chi connectivity index (χ1n) is 7.05. The van der Waals surface area contributed by atoms with Crippen molar-refractivity contribution in [3.8, 4) is 0 Å². The van der Waals surface area contributed by atoms with Gasteiger partial charge in [-0.05, 0) is 26.0 Å². The molecule has 0 saturated carbocycles. The van der Waals surface area contributed by atoms with Crippen LogP contribution in [0.3, 0.4) is 0 Å². The van der Waals surface area contributed by atoms with E-state index in [0.717, 1.165) is 0 Å². The Kier molecular flexibility index (Phi) is 5.29. The number of rotatable bonds is 5. The average molecular weight is 319 g/mol. The standard InChI is InChI=1S/C15H17N3O5/c1-9(2)16-15(21)17-13(19)8-22-14(20)7-11-10-5-3-4-6-12(10)23-18-11/h3-6,9H,7-8H2,1-2H3,(H2,16,17,19,21). The molecule has 2 N–H and O–H groups in total. The Labute approximate surface area is 132 Å². The van der Waals surface area contributed by atoms with Crippen LogP contribution >= 0.6 is 0 Å². The van der Waals surface area contributed by atoms with Gasteiger partial charge in [-0.15, -0.1) is 0 Å². The molecule has 0 spiro atoms. The van der Waals surface area contributed by atoms with Crippen LogP contribution in [0.2, 0.25) is 0 Å². The van der Waals surface area contributed by atoms with E-state index in [9.17, 15) is 14.4 Å². The van der Waals surface area contributed by atoms with E-state index in [-0.39, 0.29) is 12.5 Å². The number of esters is 1. The SMILES string of the molecule is CC(C)NC(=O)NC(=O)COC(=O)Cc1noc2ccccc12. The number of hydrogen-bond donors (Lipinski definition) is 2. The molecular formula is C15H17N3O5. The number of carbonyl (C=O) groups is 3. The molecular weight excluding hydrogens is 302 g/mol. The van der Waals surface area contributed by atoms with Crippen LogP contribution in [0.5, 0.6) is 0 Å². The summed E-state index contributed by atoms with van der Waals surface area (Å²) >= 11 is 0. The van der Waals surface area contributed by atoms with Gasteiger partial charge in [0, 0.05) is 11.4 Å². The summed E-state index contributed by atoms with van der Waals surface area (Å²) in [6, 6.07) is 6.36. The van der Waals surface area contributed by atoms with E-state index in [1.54, 1.807) is 38.1 Å². The van der Waals surface area contributed by atoms with Gasteiger partial charge >= 0.3 is 12.0 Å². The number of imide groups is 1. The largest absolute Gasteiger partial charge is 0.455 e. The van der Waals surface area contributed by atoms with Crippen molar-refractivity contribution in [2.24, 2.45) is 0 Å². The van der Waals surface area contributed by atoms with Crippen molar-refractivity contribution in [1.29, 1.82) is 0 Å². The molecule has 1 aromatic carbocycles. The van der Waals surface area contributed by atoms with Gasteiger partial charge in [0.25, 0.3) is 5.91 Å². The molecule has 0 aliphatic heterocycles. The van der Waals surface area contributed by atoms with Crippen LogP contribution in [0.25, 0.3) is 11.0 Å². The zero-order valence-electron chi connectivity index (χ0n) is 12.8. The predicted octanol–water partition coefficient (Wildman–Crippen LogP) is 1.15. The second-order valence-electron chi connectivity index (χ2n) is 5.14. The van der Waals surface area contributed by atoms with E-state index in [0.29, 0.717) is 16.7 Å². The van der Waals surface area contributed by atoms with E-state index >= 15 is 0 Å². The monoisotopic (exact) mass is 319 g/mol. The molecule has 0 aliphatic carbocycles. The topological polar surface area (TPSA) is 111 Å². The van der Waals surface area contributed by atoms with Crippen molar-refractivity contribution in [2.45, 2.75) is 26.3 Å². The fourth-order valence-corrected chi connectivity index (χ4v) is 1.86. The van der Waals surface area contributed by atoms with Crippen LogP contribution in [0.1, 0.15) is 19.5 Å². The van der Waals surface area contributed by atoms with E-state index in [1.165, 1.54) is 0 Å². The van der Waals surface area contributed by atoms with Crippen LogP contribution in [0.4, 0.5) is 4.79 Å². The normalized spacial score (nSPS) is 10.6. The Balaban J connectivity index is 1.81. The van der Waals surface area contributed by atoms with E-state index in [1.807, 2.05) is 0 Å². The number of nitrogens with zero attached hydrogens (tertiary/aromatic N) is 1. The molecule has 1 heterocycles. The highest BCUT2D eigenvalue weighted by molar-refractivity contribution is 5.95. The molecule has 8 nitrogen and oxygen atoms in total. The second-order valence-corrected chi connectivity index (χ2v) is 5.14. The molecule has 0 aliphatic rings. The van der Waals surface area contributed by atoms with Gasteiger partial charge in [0.15, 0.2) is 12.2 Å². The van der Waals surface area contributed by atoms with Gasteiger partial charge in [0.1, 0.15) is 5.69 Å². The highest BCUT2D eigenvalue weighted by atomic mass is 16.5. The number of para-hydroxylation sites is 1. The summed E-state index contributed by atoms with van der Waals surface area (Å²) in [5.74, 6) is -1.34. The average Bonchev–Trinajstić information content (AvgIpc) is 2.87. The maximum absolute atomic E-state index is 11.7. The first kappa shape index (κ1) is 16.5.